The molecule has 0 aliphatic carbocycles. The van der Waals surface area contributed by atoms with Crippen LogP contribution in [0.3, 0.4) is 0 Å². The van der Waals surface area contributed by atoms with Crippen molar-refractivity contribution < 1.29 is 9.53 Å². The summed E-state index contributed by atoms with van der Waals surface area (Å²) < 4.78 is 4.93. The van der Waals surface area contributed by atoms with Crippen LogP contribution in [0.15, 0.2) is 24.3 Å². The van der Waals surface area contributed by atoms with E-state index in [0.29, 0.717) is 17.9 Å². The molecule has 0 radical (unpaired) electrons. The van der Waals surface area contributed by atoms with E-state index in [4.69, 9.17) is 10.5 Å². The normalized spacial score (nSPS) is 9.42. The molecule has 0 aromatic heterocycles. The van der Waals surface area contributed by atoms with Crippen LogP contribution in [0.1, 0.15) is 13.3 Å². The second kappa shape index (κ2) is 3.76. The van der Waals surface area contributed by atoms with Gasteiger partial charge in [0.1, 0.15) is 0 Å². The molecule has 0 bridgehead atoms. The Morgan fingerprint density at radius 1 is 1.50 bits per heavy atom. The maximum Gasteiger partial charge on any atom is 0.310 e. The van der Waals surface area contributed by atoms with Crippen molar-refractivity contribution in [3.63, 3.8) is 0 Å². The Labute approximate surface area is 71.1 Å². The molecule has 0 heterocycles. The SMILES string of the molecule is CCC(=O)Oc1ccccc1N. The highest BCUT2D eigenvalue weighted by molar-refractivity contribution is 5.74. The molecule has 1 aromatic carbocycles. The monoisotopic (exact) mass is 165 g/mol. The molecule has 64 valence electrons. The molecule has 0 amide bonds. The van der Waals surface area contributed by atoms with Crippen LogP contribution in [-0.2, 0) is 4.79 Å². The number of benzene rings is 1. The Bertz CT molecular complexity index is 284. The number of hydrogen-bond donors (Lipinski definition) is 1. The maximum atomic E-state index is 10.9. The highest BCUT2D eigenvalue weighted by Crippen LogP contribution is 2.19. The molecule has 1 rings (SSSR count). The van der Waals surface area contributed by atoms with E-state index in [2.05, 4.69) is 0 Å². The summed E-state index contributed by atoms with van der Waals surface area (Å²) in [6, 6.07) is 6.93. The summed E-state index contributed by atoms with van der Waals surface area (Å²) in [5.74, 6) is 0.164. The minimum Gasteiger partial charge on any atom is -0.424 e. The Balaban J connectivity index is 2.75. The van der Waals surface area contributed by atoms with Gasteiger partial charge in [0, 0.05) is 6.42 Å². The predicted octanol–water partition coefficient (Wildman–Crippen LogP) is 1.58. The number of esters is 1. The molecule has 2 N–H and O–H groups in total. The Hall–Kier alpha value is -1.51. The molecule has 1 aromatic rings. The first-order valence-electron chi connectivity index (χ1n) is 3.79. The van der Waals surface area contributed by atoms with Gasteiger partial charge >= 0.3 is 5.97 Å². The molecule has 0 saturated carbocycles. The van der Waals surface area contributed by atoms with Gasteiger partial charge in [-0.25, -0.2) is 0 Å². The molecule has 0 spiro atoms. The molecule has 0 aliphatic rings. The van der Waals surface area contributed by atoms with Crippen molar-refractivity contribution in [3.05, 3.63) is 24.3 Å². The summed E-state index contributed by atoms with van der Waals surface area (Å²) in [6.07, 6.45) is 0.355. The standard InChI is InChI=1S/C9H11NO2/c1-2-9(11)12-8-6-4-3-5-7(8)10/h3-6H,2,10H2,1H3. The first kappa shape index (κ1) is 8.59. The van der Waals surface area contributed by atoms with Crippen molar-refractivity contribution in [1.29, 1.82) is 0 Å². The third-order valence-corrected chi connectivity index (χ3v) is 1.43. The van der Waals surface area contributed by atoms with Crippen molar-refractivity contribution in [2.24, 2.45) is 0 Å². The molecule has 3 heteroatoms. The summed E-state index contributed by atoms with van der Waals surface area (Å²) in [4.78, 5) is 10.9. The van der Waals surface area contributed by atoms with Gasteiger partial charge in [-0.1, -0.05) is 19.1 Å². The minimum atomic E-state index is -0.270. The van der Waals surface area contributed by atoms with Crippen molar-refractivity contribution in [2.75, 3.05) is 5.73 Å². The van der Waals surface area contributed by atoms with E-state index in [1.807, 2.05) is 0 Å². The van der Waals surface area contributed by atoms with Crippen LogP contribution in [-0.4, -0.2) is 5.97 Å². The van der Waals surface area contributed by atoms with Crippen LogP contribution >= 0.6 is 0 Å². The molecular weight excluding hydrogens is 154 g/mol. The number of nitrogens with two attached hydrogens (primary N) is 1. The smallest absolute Gasteiger partial charge is 0.310 e. The van der Waals surface area contributed by atoms with E-state index in [0.717, 1.165) is 0 Å². The first-order chi connectivity index (χ1) is 5.74. The average Bonchev–Trinajstić information content (AvgIpc) is 2.09. The fraction of sp³-hybridized carbons (Fsp3) is 0.222. The van der Waals surface area contributed by atoms with Gasteiger partial charge in [0.2, 0.25) is 0 Å². The molecule has 12 heavy (non-hydrogen) atoms. The summed E-state index contributed by atoms with van der Waals surface area (Å²) in [6.45, 7) is 1.74. The van der Waals surface area contributed by atoms with Gasteiger partial charge < -0.3 is 10.5 Å². The van der Waals surface area contributed by atoms with Crippen LogP contribution in [0.2, 0.25) is 0 Å². The van der Waals surface area contributed by atoms with Crippen molar-refractivity contribution >= 4 is 11.7 Å². The molecule has 0 unspecified atom stereocenters. The number of ether oxygens (including phenoxy) is 1. The first-order valence-corrected chi connectivity index (χ1v) is 3.79. The number of carbonyl (C=O) groups excluding carboxylic acids is 1. The predicted molar refractivity (Wildman–Crippen MR) is 46.8 cm³/mol. The lowest BCUT2D eigenvalue weighted by Crippen LogP contribution is -2.06. The van der Waals surface area contributed by atoms with Crippen LogP contribution in [0.5, 0.6) is 5.75 Å². The molecular formula is C9H11NO2. The minimum absolute atomic E-state index is 0.270. The van der Waals surface area contributed by atoms with E-state index in [9.17, 15) is 4.79 Å². The van der Waals surface area contributed by atoms with Crippen molar-refractivity contribution in [2.45, 2.75) is 13.3 Å². The largest absolute Gasteiger partial charge is 0.424 e. The molecule has 0 fully saturated rings. The lowest BCUT2D eigenvalue weighted by molar-refractivity contribution is -0.133. The zero-order valence-corrected chi connectivity index (χ0v) is 6.91. The second-order valence-corrected chi connectivity index (χ2v) is 2.37. The maximum absolute atomic E-state index is 10.9. The lowest BCUT2D eigenvalue weighted by Gasteiger charge is -2.04. The van der Waals surface area contributed by atoms with Gasteiger partial charge in [0.15, 0.2) is 5.75 Å². The number of rotatable bonds is 2. The van der Waals surface area contributed by atoms with E-state index in [1.165, 1.54) is 0 Å². The fourth-order valence-electron chi connectivity index (χ4n) is 0.768. The van der Waals surface area contributed by atoms with Crippen molar-refractivity contribution in [1.82, 2.24) is 0 Å². The average molecular weight is 165 g/mol. The Kier molecular flexibility index (Phi) is 2.69. The van der Waals surface area contributed by atoms with Crippen LogP contribution in [0.4, 0.5) is 5.69 Å². The molecule has 0 atom stereocenters. The van der Waals surface area contributed by atoms with Gasteiger partial charge in [-0.3, -0.25) is 4.79 Å². The number of carbonyl (C=O) groups is 1. The van der Waals surface area contributed by atoms with E-state index in [-0.39, 0.29) is 5.97 Å². The van der Waals surface area contributed by atoms with Crippen molar-refractivity contribution in [3.8, 4) is 5.75 Å². The fourth-order valence-corrected chi connectivity index (χ4v) is 0.768. The van der Waals surface area contributed by atoms with Gasteiger partial charge in [0.05, 0.1) is 5.69 Å². The number of hydrogen-bond acceptors (Lipinski definition) is 3. The third-order valence-electron chi connectivity index (χ3n) is 1.43. The van der Waals surface area contributed by atoms with Crippen LogP contribution in [0, 0.1) is 0 Å². The highest BCUT2D eigenvalue weighted by atomic mass is 16.5. The van der Waals surface area contributed by atoms with Gasteiger partial charge in [-0.2, -0.15) is 0 Å². The van der Waals surface area contributed by atoms with Gasteiger partial charge in [-0.05, 0) is 12.1 Å². The molecule has 0 saturated heterocycles. The van der Waals surface area contributed by atoms with E-state index < -0.39 is 0 Å². The zero-order chi connectivity index (χ0) is 8.97. The lowest BCUT2D eigenvalue weighted by atomic mass is 10.3. The number of para-hydroxylation sites is 2. The number of nitrogen functional groups attached to an aromatic ring is 1. The zero-order valence-electron chi connectivity index (χ0n) is 6.91. The summed E-state index contributed by atoms with van der Waals surface area (Å²) in [7, 11) is 0. The Morgan fingerprint density at radius 3 is 2.75 bits per heavy atom. The van der Waals surface area contributed by atoms with Gasteiger partial charge in [-0.15, -0.1) is 0 Å². The van der Waals surface area contributed by atoms with E-state index >= 15 is 0 Å². The number of anilines is 1. The summed E-state index contributed by atoms with van der Waals surface area (Å²) in [5.41, 5.74) is 6.03. The summed E-state index contributed by atoms with van der Waals surface area (Å²) in [5, 5.41) is 0. The Morgan fingerprint density at radius 2 is 2.17 bits per heavy atom. The third kappa shape index (κ3) is 1.99. The second-order valence-electron chi connectivity index (χ2n) is 2.37. The molecule has 3 nitrogen and oxygen atoms in total. The van der Waals surface area contributed by atoms with Gasteiger partial charge in [0.25, 0.3) is 0 Å². The topological polar surface area (TPSA) is 52.3 Å². The highest BCUT2D eigenvalue weighted by Gasteiger charge is 2.03. The molecule has 0 aliphatic heterocycles. The quantitative estimate of drug-likeness (QED) is 0.411. The van der Waals surface area contributed by atoms with E-state index in [1.54, 1.807) is 31.2 Å². The van der Waals surface area contributed by atoms with Crippen LogP contribution in [0.25, 0.3) is 0 Å². The summed E-state index contributed by atoms with van der Waals surface area (Å²) >= 11 is 0. The van der Waals surface area contributed by atoms with Crippen LogP contribution < -0.4 is 10.5 Å².